The molecule has 3 rings (SSSR count). The molecule has 0 saturated carbocycles. The topological polar surface area (TPSA) is 32.3 Å². The average Bonchev–Trinajstić information content (AvgIpc) is 2.31. The summed E-state index contributed by atoms with van der Waals surface area (Å²) in [4.78, 5) is 14.3. The number of hydrogen-bond donors (Lipinski definition) is 1. The highest BCUT2D eigenvalue weighted by Crippen LogP contribution is 2.26. The van der Waals surface area contributed by atoms with Gasteiger partial charge in [-0.2, -0.15) is 0 Å². The van der Waals surface area contributed by atoms with Crippen LogP contribution >= 0.6 is 15.9 Å². The van der Waals surface area contributed by atoms with Gasteiger partial charge in [0.15, 0.2) is 0 Å². The van der Waals surface area contributed by atoms with Gasteiger partial charge in [-0.3, -0.25) is 4.79 Å². The van der Waals surface area contributed by atoms with E-state index >= 15 is 0 Å². The third-order valence-electron chi connectivity index (χ3n) is 3.37. The lowest BCUT2D eigenvalue weighted by molar-refractivity contribution is 0.0606. The molecule has 1 fully saturated rings. The van der Waals surface area contributed by atoms with Gasteiger partial charge in [-0.05, 0) is 24.1 Å². The van der Waals surface area contributed by atoms with E-state index in [1.807, 2.05) is 17.0 Å². The summed E-state index contributed by atoms with van der Waals surface area (Å²) in [5.41, 5.74) is 2.05. The van der Waals surface area contributed by atoms with Gasteiger partial charge in [0.1, 0.15) is 0 Å². The van der Waals surface area contributed by atoms with Gasteiger partial charge in [0.05, 0.1) is 0 Å². The number of rotatable bonds is 0. The van der Waals surface area contributed by atoms with Gasteiger partial charge in [-0.25, -0.2) is 0 Å². The van der Waals surface area contributed by atoms with Crippen LogP contribution in [0.2, 0.25) is 0 Å². The molecule has 2 aliphatic rings. The first kappa shape index (κ1) is 10.3. The van der Waals surface area contributed by atoms with E-state index in [9.17, 15) is 4.79 Å². The number of nitrogens with one attached hydrogen (secondary N) is 1. The quantitative estimate of drug-likeness (QED) is 0.780. The van der Waals surface area contributed by atoms with Crippen LogP contribution in [-0.4, -0.2) is 36.5 Å². The molecule has 1 atom stereocenters. The lowest BCUT2D eigenvalue weighted by Crippen LogP contribution is -2.56. The van der Waals surface area contributed by atoms with Crippen molar-refractivity contribution in [3.63, 3.8) is 0 Å². The molecule has 1 amide bonds. The maximum absolute atomic E-state index is 12.3. The van der Waals surface area contributed by atoms with Gasteiger partial charge in [-0.15, -0.1) is 0 Å². The van der Waals surface area contributed by atoms with E-state index in [0.717, 1.165) is 36.1 Å². The second-order valence-corrected chi connectivity index (χ2v) is 5.28. The minimum atomic E-state index is 0.189. The normalized spacial score (nSPS) is 23.9. The van der Waals surface area contributed by atoms with Crippen molar-refractivity contribution in [1.29, 1.82) is 0 Å². The third kappa shape index (κ3) is 1.57. The molecule has 2 heterocycles. The second-order valence-electron chi connectivity index (χ2n) is 4.36. The molecule has 0 radical (unpaired) electrons. The van der Waals surface area contributed by atoms with Gasteiger partial charge in [-0.1, -0.05) is 22.0 Å². The highest BCUT2D eigenvalue weighted by Gasteiger charge is 2.33. The molecule has 4 heteroatoms. The van der Waals surface area contributed by atoms with Gasteiger partial charge in [0, 0.05) is 35.7 Å². The first-order valence-electron chi connectivity index (χ1n) is 5.56. The molecule has 16 heavy (non-hydrogen) atoms. The van der Waals surface area contributed by atoms with Crippen molar-refractivity contribution in [3.05, 3.63) is 33.8 Å². The van der Waals surface area contributed by atoms with Gasteiger partial charge in [0.2, 0.25) is 0 Å². The van der Waals surface area contributed by atoms with Crippen molar-refractivity contribution in [1.82, 2.24) is 10.2 Å². The van der Waals surface area contributed by atoms with Gasteiger partial charge in [0.25, 0.3) is 5.91 Å². The minimum Gasteiger partial charge on any atom is -0.333 e. The summed E-state index contributed by atoms with van der Waals surface area (Å²) in [5.74, 6) is 0.189. The van der Waals surface area contributed by atoms with Crippen molar-refractivity contribution < 1.29 is 4.79 Å². The van der Waals surface area contributed by atoms with E-state index in [4.69, 9.17) is 0 Å². The van der Waals surface area contributed by atoms with Crippen molar-refractivity contribution in [2.24, 2.45) is 0 Å². The van der Waals surface area contributed by atoms with Gasteiger partial charge >= 0.3 is 0 Å². The second kappa shape index (κ2) is 3.86. The Bertz CT molecular complexity index is 447. The molecule has 1 saturated heterocycles. The number of nitrogens with zero attached hydrogens (tertiary/aromatic N) is 1. The van der Waals surface area contributed by atoms with E-state index in [-0.39, 0.29) is 5.91 Å². The molecule has 1 aromatic rings. The summed E-state index contributed by atoms with van der Waals surface area (Å²) in [5, 5.41) is 3.34. The third-order valence-corrected chi connectivity index (χ3v) is 3.86. The van der Waals surface area contributed by atoms with E-state index in [0.29, 0.717) is 6.04 Å². The Balaban J connectivity index is 2.03. The maximum atomic E-state index is 12.3. The van der Waals surface area contributed by atoms with Crippen LogP contribution in [0.4, 0.5) is 0 Å². The summed E-state index contributed by atoms with van der Waals surface area (Å²) in [7, 11) is 0. The smallest absolute Gasteiger partial charge is 0.254 e. The van der Waals surface area contributed by atoms with Crippen LogP contribution in [0.25, 0.3) is 0 Å². The Kier molecular flexibility index (Phi) is 2.48. The molecule has 0 aromatic heterocycles. The number of carbonyl (C=O) groups is 1. The summed E-state index contributed by atoms with van der Waals surface area (Å²) in [6, 6.07) is 6.35. The van der Waals surface area contributed by atoms with Crippen LogP contribution in [0, 0.1) is 0 Å². The number of amides is 1. The van der Waals surface area contributed by atoms with Crippen LogP contribution in [0.3, 0.4) is 0 Å². The monoisotopic (exact) mass is 280 g/mol. The fraction of sp³-hybridized carbons (Fsp3) is 0.417. The maximum Gasteiger partial charge on any atom is 0.254 e. The van der Waals surface area contributed by atoms with E-state index in [1.165, 1.54) is 5.56 Å². The molecule has 1 N–H and O–H groups in total. The molecule has 0 spiro atoms. The average molecular weight is 281 g/mol. The molecule has 0 unspecified atom stereocenters. The largest absolute Gasteiger partial charge is 0.333 e. The minimum absolute atomic E-state index is 0.189. The van der Waals surface area contributed by atoms with E-state index in [1.54, 1.807) is 0 Å². The molecule has 2 aliphatic heterocycles. The lowest BCUT2D eigenvalue weighted by Gasteiger charge is -2.40. The highest BCUT2D eigenvalue weighted by molar-refractivity contribution is 9.10. The first-order chi connectivity index (χ1) is 7.75. The zero-order chi connectivity index (χ0) is 11.1. The molecule has 3 nitrogen and oxygen atoms in total. The highest BCUT2D eigenvalue weighted by atomic mass is 79.9. The number of hydrogen-bond acceptors (Lipinski definition) is 2. The van der Waals surface area contributed by atoms with Crippen molar-refractivity contribution in [3.8, 4) is 0 Å². The Morgan fingerprint density at radius 3 is 3.19 bits per heavy atom. The fourth-order valence-corrected chi connectivity index (χ4v) is 2.91. The lowest BCUT2D eigenvalue weighted by atomic mass is 9.92. The van der Waals surface area contributed by atoms with Crippen LogP contribution in [0.15, 0.2) is 22.7 Å². The number of benzene rings is 1. The summed E-state index contributed by atoms with van der Waals surface area (Å²) in [6.45, 7) is 2.66. The van der Waals surface area contributed by atoms with Crippen molar-refractivity contribution >= 4 is 21.8 Å². The SMILES string of the molecule is O=C1c2cc(Br)ccc2C[C@@H]2CNCCN12. The standard InChI is InChI=1S/C12H13BrN2O/c13-9-2-1-8-5-10-7-14-3-4-15(10)12(16)11(8)6-9/h1-2,6,10,14H,3-5,7H2/t10-/m1/s1. The zero-order valence-electron chi connectivity index (χ0n) is 8.87. The summed E-state index contributed by atoms with van der Waals surface area (Å²) in [6.07, 6.45) is 0.974. The van der Waals surface area contributed by atoms with Crippen LogP contribution in [-0.2, 0) is 6.42 Å². The molecule has 0 bridgehead atoms. The molecule has 0 aliphatic carbocycles. The molecular formula is C12H13BrN2O. The van der Waals surface area contributed by atoms with Crippen molar-refractivity contribution in [2.75, 3.05) is 19.6 Å². The number of halogens is 1. The Morgan fingerprint density at radius 1 is 1.44 bits per heavy atom. The number of carbonyl (C=O) groups excluding carboxylic acids is 1. The fourth-order valence-electron chi connectivity index (χ4n) is 2.55. The molecule has 84 valence electrons. The van der Waals surface area contributed by atoms with E-state index in [2.05, 4.69) is 27.3 Å². The predicted molar refractivity (Wildman–Crippen MR) is 65.5 cm³/mol. The van der Waals surface area contributed by atoms with Crippen LogP contribution in [0.5, 0.6) is 0 Å². The molecular weight excluding hydrogens is 268 g/mol. The number of piperazine rings is 1. The van der Waals surface area contributed by atoms with Crippen molar-refractivity contribution in [2.45, 2.75) is 12.5 Å². The zero-order valence-corrected chi connectivity index (χ0v) is 10.5. The Labute approximate surface area is 103 Å². The van der Waals surface area contributed by atoms with Gasteiger partial charge < -0.3 is 10.2 Å². The predicted octanol–water partition coefficient (Wildman–Crippen LogP) is 1.42. The van der Waals surface area contributed by atoms with Crippen LogP contribution in [0.1, 0.15) is 15.9 Å². The summed E-state index contributed by atoms with van der Waals surface area (Å²) < 4.78 is 0.980. The van der Waals surface area contributed by atoms with E-state index < -0.39 is 0 Å². The Morgan fingerprint density at radius 2 is 2.31 bits per heavy atom. The molecule has 1 aromatic carbocycles. The number of fused-ring (bicyclic) bond motifs is 2. The summed E-state index contributed by atoms with van der Waals surface area (Å²) >= 11 is 3.42. The van der Waals surface area contributed by atoms with Crippen LogP contribution < -0.4 is 5.32 Å². The first-order valence-corrected chi connectivity index (χ1v) is 6.35. The Hall–Kier alpha value is -0.870.